The van der Waals surface area contributed by atoms with Gasteiger partial charge in [0.25, 0.3) is 0 Å². The molecule has 21 N–H and O–H groups in total. The highest BCUT2D eigenvalue weighted by atomic mass is 16.8. The lowest BCUT2D eigenvalue weighted by atomic mass is 9.96. The Morgan fingerprint density at radius 1 is 0.299 bits per heavy atom. The third-order valence-electron chi connectivity index (χ3n) is 12.5. The zero-order valence-electron chi connectivity index (χ0n) is 35.1. The Labute approximate surface area is 378 Å². The minimum atomic E-state index is -2.11. The first kappa shape index (κ1) is 55.1. The van der Waals surface area contributed by atoms with Gasteiger partial charge in [0.15, 0.2) is 37.7 Å². The van der Waals surface area contributed by atoms with Crippen LogP contribution in [0.15, 0.2) is 0 Å². The summed E-state index contributed by atoms with van der Waals surface area (Å²) in [6, 6.07) is -1.42. The van der Waals surface area contributed by atoms with Crippen molar-refractivity contribution in [2.24, 2.45) is 5.73 Å². The first-order chi connectivity index (χ1) is 31.6. The summed E-state index contributed by atoms with van der Waals surface area (Å²) in [5.74, 6) is 0. The summed E-state index contributed by atoms with van der Waals surface area (Å²) < 4.78 is 60.7. The largest absolute Gasteiger partial charge is 0.394 e. The molecular weight excluding hydrogens is 926 g/mol. The van der Waals surface area contributed by atoms with E-state index < -0.39 is 224 Å². The van der Waals surface area contributed by atoms with Crippen molar-refractivity contribution < 1.29 is 149 Å². The van der Waals surface area contributed by atoms with Gasteiger partial charge in [-0.15, -0.1) is 0 Å². The lowest BCUT2D eigenvalue weighted by molar-refractivity contribution is -0.371. The molecule has 6 saturated heterocycles. The SMILES string of the molecule is N[C@H]1[C@H](OC[C@H]2O[C@@H](OC[C@H]3O[C@@H](OC[C@H]4O[C@@H](O)[C@H](O)[C@@H](O[C@@H]5O[C@H](CO)[C@@H](O)[C@H](O)[C@H]5O)[C@@H]4O)[C@H](O)[C@@H](O)[C@@H]3O)[C@H](O)[C@@H](O[C@@H]3O[C@H](CO)[C@@H](O)[C@H](O)[C@H]3O)[C@@H]2O)O[C@H](CO)[C@@H](O)[C@@H]1O. The van der Waals surface area contributed by atoms with Gasteiger partial charge < -0.3 is 155 Å². The van der Waals surface area contributed by atoms with Crippen LogP contribution in [0, 0.1) is 0 Å². The Morgan fingerprint density at radius 2 is 0.612 bits per heavy atom. The average molecular weight is 990 g/mol. The first-order valence-corrected chi connectivity index (χ1v) is 21.2. The molecular formula is C36H63NO30. The number of aliphatic hydroxyl groups excluding tert-OH is 19. The van der Waals surface area contributed by atoms with Gasteiger partial charge in [-0.25, -0.2) is 0 Å². The third kappa shape index (κ3) is 11.7. The van der Waals surface area contributed by atoms with Crippen molar-refractivity contribution in [2.75, 3.05) is 39.6 Å². The van der Waals surface area contributed by atoms with Crippen molar-refractivity contribution in [1.29, 1.82) is 0 Å². The van der Waals surface area contributed by atoms with E-state index in [0.29, 0.717) is 0 Å². The molecule has 0 aromatic heterocycles. The van der Waals surface area contributed by atoms with Gasteiger partial charge in [-0.1, -0.05) is 0 Å². The molecule has 6 fully saturated rings. The Bertz CT molecular complexity index is 1510. The van der Waals surface area contributed by atoms with Crippen molar-refractivity contribution >= 4 is 0 Å². The van der Waals surface area contributed by atoms with Crippen LogP contribution in [0.1, 0.15) is 0 Å². The average Bonchev–Trinajstić information content (AvgIpc) is 3.31. The van der Waals surface area contributed by atoms with Gasteiger partial charge in [0.2, 0.25) is 0 Å². The molecule has 31 heteroatoms. The minimum Gasteiger partial charge on any atom is -0.394 e. The highest BCUT2D eigenvalue weighted by Gasteiger charge is 2.55. The van der Waals surface area contributed by atoms with Gasteiger partial charge in [0.05, 0.1) is 45.7 Å². The van der Waals surface area contributed by atoms with Gasteiger partial charge >= 0.3 is 0 Å². The van der Waals surface area contributed by atoms with E-state index in [1.807, 2.05) is 0 Å². The minimum absolute atomic E-state index is 0.736. The standard InChI is InChI=1S/C36H63NO30/c37-13-20(47)14(41)7(1-38)61-32(13)57-6-12-19(46)30(67-36-26(53)22(49)16(43)9(3-40)63-36)28(55)34(65-12)59-4-10-17(44)23(50)24(51)33(64-10)58-5-11-18(45)29(27(54)31(56)60-11)66-35-25(52)21(48)15(42)8(2-39)62-35/h7-36,38-56H,1-6,37H2/t7-,8-,9-,10-,11-,12-,13-,14-,15-,16-,17-,18-,19-,20-,21+,22+,23+,24-,25-,26-,27-,28-,29+,30+,31-,32-,33-,34-,35+,36+/m1/s1. The van der Waals surface area contributed by atoms with Crippen LogP contribution >= 0.6 is 0 Å². The molecule has 0 aliphatic carbocycles. The smallest absolute Gasteiger partial charge is 0.187 e. The molecule has 0 aromatic carbocycles. The van der Waals surface area contributed by atoms with Gasteiger partial charge in [-0.3, -0.25) is 0 Å². The maximum atomic E-state index is 11.4. The van der Waals surface area contributed by atoms with Crippen molar-refractivity contribution in [1.82, 2.24) is 0 Å². The van der Waals surface area contributed by atoms with Crippen LogP contribution in [0.5, 0.6) is 0 Å². The molecule has 6 rings (SSSR count). The quantitative estimate of drug-likeness (QED) is 0.0683. The second kappa shape index (κ2) is 23.5. The predicted octanol–water partition coefficient (Wildman–Crippen LogP) is -14.1. The van der Waals surface area contributed by atoms with Crippen molar-refractivity contribution in [2.45, 2.75) is 184 Å². The summed E-state index contributed by atoms with van der Waals surface area (Å²) in [6.45, 7) is -4.92. The van der Waals surface area contributed by atoms with Crippen molar-refractivity contribution in [3.05, 3.63) is 0 Å². The molecule has 67 heavy (non-hydrogen) atoms. The lowest BCUT2D eigenvalue weighted by Gasteiger charge is -2.47. The van der Waals surface area contributed by atoms with Crippen LogP contribution in [0.25, 0.3) is 0 Å². The number of ether oxygens (including phenoxy) is 11. The predicted molar refractivity (Wildman–Crippen MR) is 201 cm³/mol. The van der Waals surface area contributed by atoms with Crippen molar-refractivity contribution in [3.63, 3.8) is 0 Å². The molecule has 31 nitrogen and oxygen atoms in total. The summed E-state index contributed by atoms with van der Waals surface area (Å²) in [4.78, 5) is 0. The first-order valence-electron chi connectivity index (χ1n) is 21.2. The van der Waals surface area contributed by atoms with Gasteiger partial charge in [-0.2, -0.15) is 0 Å². The van der Waals surface area contributed by atoms with E-state index in [9.17, 15) is 97.0 Å². The molecule has 0 amide bonds. The maximum Gasteiger partial charge on any atom is 0.187 e. The van der Waals surface area contributed by atoms with E-state index in [1.165, 1.54) is 0 Å². The molecule has 0 unspecified atom stereocenters. The topological polar surface area (TPSA) is 512 Å². The van der Waals surface area contributed by atoms with Crippen LogP contribution in [0.4, 0.5) is 0 Å². The molecule has 6 aliphatic heterocycles. The molecule has 0 aromatic rings. The zero-order valence-corrected chi connectivity index (χ0v) is 35.1. The highest BCUT2D eigenvalue weighted by Crippen LogP contribution is 2.33. The Morgan fingerprint density at radius 3 is 1.06 bits per heavy atom. The van der Waals surface area contributed by atoms with Crippen LogP contribution in [-0.2, 0) is 52.1 Å². The molecule has 0 bridgehead atoms. The van der Waals surface area contributed by atoms with E-state index in [4.69, 9.17) is 57.8 Å². The number of aliphatic hydroxyl groups is 19. The van der Waals surface area contributed by atoms with E-state index >= 15 is 0 Å². The molecule has 6 heterocycles. The maximum absolute atomic E-state index is 11.4. The normalized spacial score (nSPS) is 53.4. The molecule has 6 aliphatic rings. The fraction of sp³-hybridized carbons (Fsp3) is 1.00. The molecule has 392 valence electrons. The number of nitrogens with two attached hydrogens (primary N) is 1. The second-order valence-corrected chi connectivity index (χ2v) is 17.0. The number of hydrogen-bond acceptors (Lipinski definition) is 31. The molecule has 0 radical (unpaired) electrons. The number of rotatable bonds is 16. The van der Waals surface area contributed by atoms with Gasteiger partial charge in [0.1, 0.15) is 140 Å². The van der Waals surface area contributed by atoms with Crippen LogP contribution in [0.3, 0.4) is 0 Å². The zero-order chi connectivity index (χ0) is 49.3. The lowest BCUT2D eigenvalue weighted by Crippen LogP contribution is -2.66. The number of hydrogen-bond donors (Lipinski definition) is 20. The molecule has 0 spiro atoms. The monoisotopic (exact) mass is 989 g/mol. The third-order valence-corrected chi connectivity index (χ3v) is 12.5. The summed E-state index contributed by atoms with van der Waals surface area (Å²) in [7, 11) is 0. The van der Waals surface area contributed by atoms with Crippen molar-refractivity contribution in [3.8, 4) is 0 Å². The Balaban J connectivity index is 1.13. The van der Waals surface area contributed by atoms with Gasteiger partial charge in [0, 0.05) is 0 Å². The Hall–Kier alpha value is -1.24. The van der Waals surface area contributed by atoms with Gasteiger partial charge in [-0.05, 0) is 0 Å². The Kier molecular flexibility index (Phi) is 19.4. The second-order valence-electron chi connectivity index (χ2n) is 17.0. The van der Waals surface area contributed by atoms with Crippen LogP contribution in [-0.4, -0.2) is 321 Å². The van der Waals surface area contributed by atoms with Crippen LogP contribution < -0.4 is 5.73 Å². The summed E-state index contributed by atoms with van der Waals surface area (Å²) in [5.41, 5.74) is 5.96. The van der Waals surface area contributed by atoms with E-state index in [0.717, 1.165) is 0 Å². The fourth-order valence-electron chi connectivity index (χ4n) is 8.24. The van der Waals surface area contributed by atoms with E-state index in [-0.39, 0.29) is 0 Å². The summed E-state index contributed by atoms with van der Waals surface area (Å²) >= 11 is 0. The molecule has 0 saturated carbocycles. The fourth-order valence-corrected chi connectivity index (χ4v) is 8.24. The molecule has 30 atom stereocenters. The summed E-state index contributed by atoms with van der Waals surface area (Å²) in [6.07, 6.45) is -53.2. The summed E-state index contributed by atoms with van der Waals surface area (Å²) in [5, 5.41) is 198. The van der Waals surface area contributed by atoms with E-state index in [1.54, 1.807) is 0 Å². The highest BCUT2D eigenvalue weighted by molar-refractivity contribution is 4.98. The van der Waals surface area contributed by atoms with E-state index in [2.05, 4.69) is 0 Å². The van der Waals surface area contributed by atoms with Crippen LogP contribution in [0.2, 0.25) is 0 Å².